The summed E-state index contributed by atoms with van der Waals surface area (Å²) in [4.78, 5) is 10.3. The lowest BCUT2D eigenvalue weighted by Gasteiger charge is -2.13. The highest BCUT2D eigenvalue weighted by molar-refractivity contribution is 8.00. The van der Waals surface area contributed by atoms with E-state index in [0.717, 1.165) is 12.1 Å². The molecule has 142 valence electrons. The lowest BCUT2D eigenvalue weighted by atomic mass is 10.1. The van der Waals surface area contributed by atoms with E-state index < -0.39 is 61.9 Å². The normalized spacial score (nSPS) is 13.3. The molecule has 1 atom stereocenters. The number of nitrogens with two attached hydrogens (primary N) is 1. The number of halogens is 8. The fraction of sp³-hybridized carbons (Fsp3) is 0.231. The van der Waals surface area contributed by atoms with Gasteiger partial charge < -0.3 is 5.73 Å². The Balaban J connectivity index is 2.61. The van der Waals surface area contributed by atoms with Crippen molar-refractivity contribution in [3.05, 3.63) is 33.4 Å². The van der Waals surface area contributed by atoms with Gasteiger partial charge in [0.1, 0.15) is 17.2 Å². The molecule has 2 N–H and O–H groups in total. The smallest absolute Gasteiger partial charge is 0.383 e. The molecule has 0 fully saturated rings. The highest BCUT2D eigenvalue weighted by atomic mass is 35.5. The van der Waals surface area contributed by atoms with E-state index >= 15 is 0 Å². The average molecular weight is 438 g/mol. The van der Waals surface area contributed by atoms with Crippen LogP contribution in [0.1, 0.15) is 22.2 Å². The van der Waals surface area contributed by atoms with Crippen molar-refractivity contribution >= 4 is 47.1 Å². The van der Waals surface area contributed by atoms with Crippen LogP contribution < -0.4 is 5.73 Å². The van der Waals surface area contributed by atoms with Crippen LogP contribution in [0.25, 0.3) is 5.69 Å². The standard InChI is InChI=1S/C13H7Cl2F6N3OS/c14-5-1-4(8(16)11(17)18)2-6(15)9(5)24-12(22)10(7(3-25)23-24)26-13(19,20)21/h1-3,8,11H,22H2. The van der Waals surface area contributed by atoms with E-state index in [1.54, 1.807) is 0 Å². The van der Waals surface area contributed by atoms with Gasteiger partial charge >= 0.3 is 5.51 Å². The molecule has 0 spiro atoms. The van der Waals surface area contributed by atoms with Crippen molar-refractivity contribution in [3.8, 4) is 5.69 Å². The topological polar surface area (TPSA) is 60.9 Å². The van der Waals surface area contributed by atoms with Gasteiger partial charge in [0.2, 0.25) is 0 Å². The number of hydrogen-bond acceptors (Lipinski definition) is 4. The second kappa shape index (κ2) is 7.57. The molecule has 2 aromatic rings. The Bertz CT molecular complexity index is 819. The summed E-state index contributed by atoms with van der Waals surface area (Å²) in [5, 5.41) is 2.81. The number of nitrogen functional groups attached to an aromatic ring is 1. The number of nitrogens with zero attached hydrogens (tertiary/aromatic N) is 2. The zero-order valence-corrected chi connectivity index (χ0v) is 14.5. The van der Waals surface area contributed by atoms with Crippen LogP contribution in [0.15, 0.2) is 17.0 Å². The molecule has 0 saturated heterocycles. The predicted octanol–water partition coefficient (Wildman–Crippen LogP) is 5.46. The largest absolute Gasteiger partial charge is 0.446 e. The van der Waals surface area contributed by atoms with Crippen LogP contribution in [-0.4, -0.2) is 28.0 Å². The second-order valence-corrected chi connectivity index (χ2v) is 6.64. The Morgan fingerprint density at radius 1 is 1.19 bits per heavy atom. The first-order chi connectivity index (χ1) is 12.0. The average Bonchev–Trinajstić information content (AvgIpc) is 2.81. The third-order valence-corrected chi connectivity index (χ3v) is 4.45. The minimum absolute atomic E-state index is 0.0471. The molecular formula is C13H7Cl2F6N3OS. The van der Waals surface area contributed by atoms with Crippen LogP contribution in [0.5, 0.6) is 0 Å². The number of benzene rings is 1. The van der Waals surface area contributed by atoms with Crippen LogP contribution in [0.3, 0.4) is 0 Å². The third-order valence-electron chi connectivity index (χ3n) is 3.02. The van der Waals surface area contributed by atoms with E-state index in [4.69, 9.17) is 28.9 Å². The Labute approximate surface area is 156 Å². The van der Waals surface area contributed by atoms with Crippen LogP contribution in [0, 0.1) is 0 Å². The van der Waals surface area contributed by atoms with Gasteiger partial charge in [-0.1, -0.05) is 23.2 Å². The molecule has 13 heteroatoms. The van der Waals surface area contributed by atoms with Crippen molar-refractivity contribution in [3.63, 3.8) is 0 Å². The van der Waals surface area contributed by atoms with Gasteiger partial charge in [-0.05, 0) is 29.5 Å². The summed E-state index contributed by atoms with van der Waals surface area (Å²) in [7, 11) is 0. The van der Waals surface area contributed by atoms with Crippen molar-refractivity contribution in [1.29, 1.82) is 0 Å². The number of carbonyl (C=O) groups excluding carboxylic acids is 1. The third kappa shape index (κ3) is 4.21. The van der Waals surface area contributed by atoms with Crippen LogP contribution >= 0.6 is 35.0 Å². The zero-order valence-electron chi connectivity index (χ0n) is 12.2. The van der Waals surface area contributed by atoms with E-state index in [9.17, 15) is 31.1 Å². The van der Waals surface area contributed by atoms with Gasteiger partial charge in [0, 0.05) is 0 Å². The van der Waals surface area contributed by atoms with Crippen LogP contribution in [0.2, 0.25) is 10.0 Å². The first-order valence-corrected chi connectivity index (χ1v) is 8.04. The SMILES string of the molecule is Nc1c(SC(F)(F)F)c(C=O)nn1-c1c(Cl)cc(C(F)C(F)F)cc1Cl. The summed E-state index contributed by atoms with van der Waals surface area (Å²) in [6.07, 6.45) is -5.96. The summed E-state index contributed by atoms with van der Waals surface area (Å²) in [6, 6.07) is 1.63. The number of carbonyl (C=O) groups is 1. The lowest BCUT2D eigenvalue weighted by molar-refractivity contribution is -0.0328. The van der Waals surface area contributed by atoms with Crippen LogP contribution in [0.4, 0.5) is 32.2 Å². The molecule has 26 heavy (non-hydrogen) atoms. The summed E-state index contributed by atoms with van der Waals surface area (Å²) >= 11 is 11.1. The summed E-state index contributed by atoms with van der Waals surface area (Å²) in [6.45, 7) is 0. The molecule has 0 amide bonds. The number of aromatic nitrogens is 2. The fourth-order valence-electron chi connectivity index (χ4n) is 1.99. The molecule has 4 nitrogen and oxygen atoms in total. The molecule has 1 aromatic heterocycles. The van der Waals surface area contributed by atoms with Crippen molar-refractivity contribution in [2.45, 2.75) is 23.0 Å². The molecule has 0 bridgehead atoms. The molecule has 0 aliphatic carbocycles. The molecular weight excluding hydrogens is 431 g/mol. The Morgan fingerprint density at radius 3 is 2.15 bits per heavy atom. The van der Waals surface area contributed by atoms with E-state index in [1.807, 2.05) is 0 Å². The van der Waals surface area contributed by atoms with Gasteiger partial charge in [0.25, 0.3) is 6.43 Å². The van der Waals surface area contributed by atoms with Crippen molar-refractivity contribution in [1.82, 2.24) is 9.78 Å². The number of hydrogen-bond donors (Lipinski definition) is 1. The van der Waals surface area contributed by atoms with E-state index in [0.29, 0.717) is 4.68 Å². The number of rotatable bonds is 5. The van der Waals surface area contributed by atoms with Gasteiger partial charge in [-0.2, -0.15) is 18.3 Å². The summed E-state index contributed by atoms with van der Waals surface area (Å²) in [5.74, 6) is -0.600. The van der Waals surface area contributed by atoms with Crippen molar-refractivity contribution in [2.75, 3.05) is 5.73 Å². The van der Waals surface area contributed by atoms with Gasteiger partial charge in [0.05, 0.1) is 14.9 Å². The first-order valence-electron chi connectivity index (χ1n) is 6.47. The molecule has 0 radical (unpaired) electrons. The predicted molar refractivity (Wildman–Crippen MR) is 85.1 cm³/mol. The molecule has 1 heterocycles. The zero-order chi connectivity index (χ0) is 19.8. The summed E-state index contributed by atoms with van der Waals surface area (Å²) < 4.78 is 76.9. The van der Waals surface area contributed by atoms with Gasteiger partial charge in [-0.15, -0.1) is 0 Å². The Morgan fingerprint density at radius 2 is 1.73 bits per heavy atom. The summed E-state index contributed by atoms with van der Waals surface area (Å²) in [5.41, 5.74) is -0.591. The van der Waals surface area contributed by atoms with Gasteiger partial charge in [0.15, 0.2) is 12.5 Å². The quantitative estimate of drug-likeness (QED) is 0.383. The number of thioether (sulfide) groups is 1. The minimum Gasteiger partial charge on any atom is -0.383 e. The van der Waals surface area contributed by atoms with E-state index in [-0.39, 0.29) is 12.0 Å². The maximum absolute atomic E-state index is 13.5. The van der Waals surface area contributed by atoms with Gasteiger partial charge in [-0.25, -0.2) is 17.9 Å². The maximum atomic E-state index is 13.5. The molecule has 0 aliphatic heterocycles. The lowest BCUT2D eigenvalue weighted by Crippen LogP contribution is -2.07. The highest BCUT2D eigenvalue weighted by Crippen LogP contribution is 2.43. The number of anilines is 1. The maximum Gasteiger partial charge on any atom is 0.446 e. The Hall–Kier alpha value is -1.59. The minimum atomic E-state index is -4.75. The van der Waals surface area contributed by atoms with Crippen molar-refractivity contribution < 1.29 is 31.1 Å². The van der Waals surface area contributed by atoms with Crippen LogP contribution in [-0.2, 0) is 0 Å². The number of alkyl halides is 6. The molecule has 2 rings (SSSR count). The monoisotopic (exact) mass is 437 g/mol. The molecule has 1 unspecified atom stereocenters. The first kappa shape index (κ1) is 20.7. The molecule has 0 saturated carbocycles. The second-order valence-electron chi connectivity index (χ2n) is 4.75. The Kier molecular flexibility index (Phi) is 6.03. The van der Waals surface area contributed by atoms with E-state index in [1.165, 1.54) is 0 Å². The fourth-order valence-corrected chi connectivity index (χ4v) is 3.27. The van der Waals surface area contributed by atoms with Crippen molar-refractivity contribution in [2.24, 2.45) is 0 Å². The number of aldehydes is 1. The van der Waals surface area contributed by atoms with Gasteiger partial charge in [-0.3, -0.25) is 4.79 Å². The highest BCUT2D eigenvalue weighted by Gasteiger charge is 2.34. The molecule has 0 aliphatic rings. The van der Waals surface area contributed by atoms with E-state index in [2.05, 4.69) is 5.10 Å². The molecule has 1 aromatic carbocycles.